The average Bonchev–Trinajstić information content (AvgIpc) is 2.89. The number of nitrogens with one attached hydrogen (secondary N) is 1. The van der Waals surface area contributed by atoms with Crippen LogP contribution >= 0.6 is 0 Å². The minimum Gasteiger partial charge on any atom is -0.378 e. The first kappa shape index (κ1) is 12.5. The van der Waals surface area contributed by atoms with Gasteiger partial charge in [-0.05, 0) is 45.2 Å². The van der Waals surface area contributed by atoms with Gasteiger partial charge in [-0.3, -0.25) is 0 Å². The van der Waals surface area contributed by atoms with E-state index >= 15 is 0 Å². The molecule has 4 heteroatoms. The van der Waals surface area contributed by atoms with Gasteiger partial charge in [-0.2, -0.15) is 0 Å². The zero-order valence-electron chi connectivity index (χ0n) is 10.4. The summed E-state index contributed by atoms with van der Waals surface area (Å²) >= 11 is 0. The molecule has 2 rings (SSSR count). The quantitative estimate of drug-likeness (QED) is 0.820. The van der Waals surface area contributed by atoms with Gasteiger partial charge in [-0.15, -0.1) is 0 Å². The van der Waals surface area contributed by atoms with Crippen molar-refractivity contribution in [2.24, 2.45) is 0 Å². The summed E-state index contributed by atoms with van der Waals surface area (Å²) in [6, 6.07) is 2.11. The SMILES string of the molecule is CNC(CCCC1CCCO1)c1ncccn1. The molecule has 2 unspecified atom stereocenters. The van der Waals surface area contributed by atoms with Gasteiger partial charge in [0.1, 0.15) is 5.82 Å². The molecule has 17 heavy (non-hydrogen) atoms. The van der Waals surface area contributed by atoms with E-state index in [-0.39, 0.29) is 6.04 Å². The Hall–Kier alpha value is -1.00. The molecule has 4 nitrogen and oxygen atoms in total. The minimum absolute atomic E-state index is 0.262. The molecule has 1 aromatic rings. The van der Waals surface area contributed by atoms with Crippen molar-refractivity contribution in [2.45, 2.75) is 44.2 Å². The molecule has 0 spiro atoms. The van der Waals surface area contributed by atoms with Crippen LogP contribution in [0.5, 0.6) is 0 Å². The molecule has 94 valence electrons. The maximum Gasteiger partial charge on any atom is 0.145 e. The van der Waals surface area contributed by atoms with Crippen molar-refractivity contribution in [2.75, 3.05) is 13.7 Å². The molecular weight excluding hydrogens is 214 g/mol. The Balaban J connectivity index is 1.75. The minimum atomic E-state index is 0.262. The van der Waals surface area contributed by atoms with Gasteiger partial charge < -0.3 is 10.1 Å². The molecule has 0 aromatic carbocycles. The normalized spacial score (nSPS) is 21.6. The van der Waals surface area contributed by atoms with Crippen molar-refractivity contribution in [3.8, 4) is 0 Å². The van der Waals surface area contributed by atoms with Gasteiger partial charge in [0, 0.05) is 19.0 Å². The first-order valence-corrected chi connectivity index (χ1v) is 6.46. The zero-order valence-corrected chi connectivity index (χ0v) is 10.4. The summed E-state index contributed by atoms with van der Waals surface area (Å²) in [5.41, 5.74) is 0. The highest BCUT2D eigenvalue weighted by Crippen LogP contribution is 2.21. The third-order valence-electron chi connectivity index (χ3n) is 3.29. The highest BCUT2D eigenvalue weighted by Gasteiger charge is 2.17. The van der Waals surface area contributed by atoms with Crippen LogP contribution in [0.15, 0.2) is 18.5 Å². The topological polar surface area (TPSA) is 47.0 Å². The zero-order chi connectivity index (χ0) is 11.9. The largest absolute Gasteiger partial charge is 0.378 e. The summed E-state index contributed by atoms with van der Waals surface area (Å²) in [6.07, 6.45) is 9.93. The van der Waals surface area contributed by atoms with Crippen LogP contribution in [0.3, 0.4) is 0 Å². The molecule has 1 aliphatic rings. The Bertz CT molecular complexity index is 312. The van der Waals surface area contributed by atoms with E-state index < -0.39 is 0 Å². The van der Waals surface area contributed by atoms with E-state index in [9.17, 15) is 0 Å². The van der Waals surface area contributed by atoms with Crippen LogP contribution in [-0.2, 0) is 4.74 Å². The van der Waals surface area contributed by atoms with Gasteiger partial charge in [0.05, 0.1) is 12.1 Å². The predicted octanol–water partition coefficient (Wildman–Crippen LogP) is 2.09. The molecule has 1 aromatic heterocycles. The molecule has 1 fully saturated rings. The number of nitrogens with zero attached hydrogens (tertiary/aromatic N) is 2. The van der Waals surface area contributed by atoms with Gasteiger partial charge >= 0.3 is 0 Å². The van der Waals surface area contributed by atoms with Crippen molar-refractivity contribution in [1.82, 2.24) is 15.3 Å². The standard InChI is InChI=1S/C13H21N3O/c1-14-12(13-15-8-4-9-16-13)7-2-5-11-6-3-10-17-11/h4,8-9,11-12,14H,2-3,5-7,10H2,1H3. The number of hydrogen-bond acceptors (Lipinski definition) is 4. The first-order chi connectivity index (χ1) is 8.40. The molecule has 2 heterocycles. The van der Waals surface area contributed by atoms with Gasteiger partial charge in [0.25, 0.3) is 0 Å². The van der Waals surface area contributed by atoms with E-state index in [0.717, 1.165) is 31.7 Å². The summed E-state index contributed by atoms with van der Waals surface area (Å²) in [6.45, 7) is 0.946. The summed E-state index contributed by atoms with van der Waals surface area (Å²) in [4.78, 5) is 8.59. The van der Waals surface area contributed by atoms with Crippen molar-refractivity contribution in [3.63, 3.8) is 0 Å². The molecule has 1 N–H and O–H groups in total. The van der Waals surface area contributed by atoms with Crippen molar-refractivity contribution in [1.29, 1.82) is 0 Å². The number of aromatic nitrogens is 2. The fourth-order valence-corrected chi connectivity index (χ4v) is 2.31. The Kier molecular flexibility index (Phi) is 4.88. The van der Waals surface area contributed by atoms with Crippen LogP contribution in [0.25, 0.3) is 0 Å². The molecular formula is C13H21N3O. The Morgan fingerprint density at radius 3 is 2.94 bits per heavy atom. The predicted molar refractivity (Wildman–Crippen MR) is 66.7 cm³/mol. The Morgan fingerprint density at radius 1 is 1.47 bits per heavy atom. The fourth-order valence-electron chi connectivity index (χ4n) is 2.31. The third-order valence-corrected chi connectivity index (χ3v) is 3.29. The fraction of sp³-hybridized carbons (Fsp3) is 0.692. The van der Waals surface area contributed by atoms with E-state index in [1.807, 2.05) is 13.1 Å². The lowest BCUT2D eigenvalue weighted by atomic mass is 10.0. The average molecular weight is 235 g/mol. The van der Waals surface area contributed by atoms with Crippen LogP contribution in [0, 0.1) is 0 Å². The Morgan fingerprint density at radius 2 is 2.29 bits per heavy atom. The van der Waals surface area contributed by atoms with Gasteiger partial charge in [-0.1, -0.05) is 0 Å². The lowest BCUT2D eigenvalue weighted by Gasteiger charge is -2.15. The second-order valence-corrected chi connectivity index (χ2v) is 4.51. The lowest BCUT2D eigenvalue weighted by molar-refractivity contribution is 0.101. The number of rotatable bonds is 6. The Labute approximate surface area is 103 Å². The van der Waals surface area contributed by atoms with Crippen molar-refractivity contribution < 1.29 is 4.74 Å². The lowest BCUT2D eigenvalue weighted by Crippen LogP contribution is -2.19. The monoisotopic (exact) mass is 235 g/mol. The molecule has 1 aliphatic heterocycles. The highest BCUT2D eigenvalue weighted by atomic mass is 16.5. The van der Waals surface area contributed by atoms with Crippen LogP contribution in [0.1, 0.15) is 44.0 Å². The molecule has 0 bridgehead atoms. The molecule has 0 amide bonds. The van der Waals surface area contributed by atoms with E-state index in [0.29, 0.717) is 6.10 Å². The van der Waals surface area contributed by atoms with Crippen LogP contribution in [-0.4, -0.2) is 29.7 Å². The van der Waals surface area contributed by atoms with E-state index in [2.05, 4.69) is 15.3 Å². The molecule has 0 radical (unpaired) electrons. The summed E-state index contributed by atoms with van der Waals surface area (Å²) in [5.74, 6) is 0.891. The maximum absolute atomic E-state index is 5.62. The highest BCUT2D eigenvalue weighted by molar-refractivity contribution is 4.95. The van der Waals surface area contributed by atoms with Gasteiger partial charge in [0.15, 0.2) is 0 Å². The summed E-state index contributed by atoms with van der Waals surface area (Å²) in [5, 5.41) is 3.28. The number of ether oxygens (including phenoxy) is 1. The maximum atomic E-state index is 5.62. The van der Waals surface area contributed by atoms with Crippen LogP contribution < -0.4 is 5.32 Å². The van der Waals surface area contributed by atoms with E-state index in [4.69, 9.17) is 4.74 Å². The molecule has 2 atom stereocenters. The smallest absolute Gasteiger partial charge is 0.145 e. The van der Waals surface area contributed by atoms with Gasteiger partial charge in [-0.25, -0.2) is 9.97 Å². The second-order valence-electron chi connectivity index (χ2n) is 4.51. The summed E-state index contributed by atoms with van der Waals surface area (Å²) < 4.78 is 5.62. The van der Waals surface area contributed by atoms with E-state index in [1.54, 1.807) is 12.4 Å². The van der Waals surface area contributed by atoms with Crippen LogP contribution in [0.2, 0.25) is 0 Å². The second kappa shape index (κ2) is 6.67. The number of hydrogen-bond donors (Lipinski definition) is 1. The molecule has 0 aliphatic carbocycles. The van der Waals surface area contributed by atoms with Crippen molar-refractivity contribution in [3.05, 3.63) is 24.3 Å². The first-order valence-electron chi connectivity index (χ1n) is 6.46. The molecule has 0 saturated carbocycles. The van der Waals surface area contributed by atoms with E-state index in [1.165, 1.54) is 12.8 Å². The summed E-state index contributed by atoms with van der Waals surface area (Å²) in [7, 11) is 1.97. The van der Waals surface area contributed by atoms with Crippen molar-refractivity contribution >= 4 is 0 Å². The third kappa shape index (κ3) is 3.75. The van der Waals surface area contributed by atoms with Gasteiger partial charge in [0.2, 0.25) is 0 Å². The van der Waals surface area contributed by atoms with Crippen LogP contribution in [0.4, 0.5) is 0 Å². The molecule has 1 saturated heterocycles.